The average Bonchev–Trinajstić information content (AvgIpc) is 3.48. The Morgan fingerprint density at radius 1 is 1.48 bits per heavy atom. The molecule has 1 aliphatic heterocycles. The van der Waals surface area contributed by atoms with Gasteiger partial charge >= 0.3 is 0 Å². The molecule has 1 atom stereocenters. The van der Waals surface area contributed by atoms with Crippen LogP contribution in [0.25, 0.3) is 10.7 Å². The van der Waals surface area contributed by atoms with Crippen molar-refractivity contribution in [3.05, 3.63) is 29.7 Å². The Hall–Kier alpha value is -2.24. The highest BCUT2D eigenvalue weighted by molar-refractivity contribution is 7.99. The summed E-state index contributed by atoms with van der Waals surface area (Å²) in [6, 6.07) is 3.94. The quantitative estimate of drug-likeness (QED) is 0.425. The molecule has 4 rings (SSSR count). The van der Waals surface area contributed by atoms with E-state index in [0.29, 0.717) is 31.3 Å². The molecule has 1 fully saturated rings. The zero-order valence-corrected chi connectivity index (χ0v) is 17.8. The van der Waals surface area contributed by atoms with E-state index < -0.39 is 0 Å². The van der Waals surface area contributed by atoms with E-state index in [1.807, 2.05) is 29.1 Å². The normalized spacial score (nSPS) is 17.5. The second-order valence-corrected chi connectivity index (χ2v) is 8.94. The molecule has 11 heteroatoms. The minimum Gasteiger partial charge on any atom is -0.355 e. The highest BCUT2D eigenvalue weighted by Gasteiger charge is 2.26. The van der Waals surface area contributed by atoms with Gasteiger partial charge in [0, 0.05) is 25.9 Å². The Balaban J connectivity index is 1.22. The predicted octanol–water partition coefficient (Wildman–Crippen LogP) is 2.05. The van der Waals surface area contributed by atoms with E-state index in [-0.39, 0.29) is 11.8 Å². The van der Waals surface area contributed by atoms with Crippen LogP contribution < -0.4 is 5.32 Å². The summed E-state index contributed by atoms with van der Waals surface area (Å²) in [5.41, 5.74) is 0. The molecular weight excluding hydrogens is 410 g/mol. The Kier molecular flexibility index (Phi) is 6.57. The first-order valence-corrected chi connectivity index (χ1v) is 11.4. The van der Waals surface area contributed by atoms with Gasteiger partial charge in [0.25, 0.3) is 0 Å². The van der Waals surface area contributed by atoms with Crippen LogP contribution in [0, 0.1) is 5.92 Å². The molecule has 154 valence electrons. The molecule has 9 nitrogen and oxygen atoms in total. The van der Waals surface area contributed by atoms with Crippen LogP contribution in [0.5, 0.6) is 0 Å². The van der Waals surface area contributed by atoms with Crippen LogP contribution in [0.2, 0.25) is 0 Å². The lowest BCUT2D eigenvalue weighted by atomic mass is 9.97. The Morgan fingerprint density at radius 3 is 3.21 bits per heavy atom. The molecule has 29 heavy (non-hydrogen) atoms. The van der Waals surface area contributed by atoms with Crippen molar-refractivity contribution in [2.45, 2.75) is 24.5 Å². The van der Waals surface area contributed by atoms with Gasteiger partial charge in [-0.15, -0.1) is 21.5 Å². The van der Waals surface area contributed by atoms with E-state index in [2.05, 4.69) is 30.6 Å². The number of aromatic nitrogens is 5. The van der Waals surface area contributed by atoms with Crippen molar-refractivity contribution in [2.24, 2.45) is 13.0 Å². The number of carbonyl (C=O) groups is 1. The molecule has 0 aromatic carbocycles. The average molecular weight is 434 g/mol. The Bertz CT molecular complexity index is 924. The first-order valence-electron chi connectivity index (χ1n) is 9.52. The fourth-order valence-electron chi connectivity index (χ4n) is 3.29. The first kappa shape index (κ1) is 20.0. The lowest BCUT2D eigenvalue weighted by molar-refractivity contribution is -0.126. The number of nitrogens with zero attached hydrogens (tertiary/aromatic N) is 6. The summed E-state index contributed by atoms with van der Waals surface area (Å²) in [6.07, 6.45) is 3.56. The second-order valence-electron chi connectivity index (χ2n) is 6.93. The molecule has 1 aliphatic rings. The van der Waals surface area contributed by atoms with Crippen molar-refractivity contribution < 1.29 is 9.32 Å². The van der Waals surface area contributed by atoms with E-state index in [1.54, 1.807) is 29.4 Å². The molecule has 0 bridgehead atoms. The van der Waals surface area contributed by atoms with Crippen molar-refractivity contribution in [1.29, 1.82) is 0 Å². The maximum atomic E-state index is 12.6. The number of hydrogen-bond donors (Lipinski definition) is 1. The van der Waals surface area contributed by atoms with Crippen LogP contribution in [0.3, 0.4) is 0 Å². The van der Waals surface area contributed by atoms with E-state index >= 15 is 0 Å². The zero-order valence-electron chi connectivity index (χ0n) is 16.2. The summed E-state index contributed by atoms with van der Waals surface area (Å²) < 4.78 is 7.27. The number of carbonyl (C=O) groups excluding carboxylic acids is 1. The van der Waals surface area contributed by atoms with Gasteiger partial charge in [-0.05, 0) is 30.8 Å². The van der Waals surface area contributed by atoms with E-state index in [1.165, 1.54) is 0 Å². The Morgan fingerprint density at radius 2 is 2.41 bits per heavy atom. The Labute approximate surface area is 176 Å². The highest BCUT2D eigenvalue weighted by Crippen LogP contribution is 2.23. The molecule has 0 unspecified atom stereocenters. The molecule has 1 N–H and O–H groups in total. The monoisotopic (exact) mass is 433 g/mol. The van der Waals surface area contributed by atoms with Crippen molar-refractivity contribution in [1.82, 2.24) is 35.1 Å². The summed E-state index contributed by atoms with van der Waals surface area (Å²) in [5.74, 6) is 2.08. The first-order chi connectivity index (χ1) is 14.2. The molecule has 0 spiro atoms. The smallest absolute Gasteiger partial charge is 0.241 e. The minimum atomic E-state index is -0.0109. The number of piperidine rings is 1. The van der Waals surface area contributed by atoms with Gasteiger partial charge in [0.05, 0.1) is 17.3 Å². The largest absolute Gasteiger partial charge is 0.355 e. The van der Waals surface area contributed by atoms with Gasteiger partial charge in [-0.3, -0.25) is 9.69 Å². The summed E-state index contributed by atoms with van der Waals surface area (Å²) in [6.45, 7) is 2.83. The topological polar surface area (TPSA) is 102 Å². The van der Waals surface area contributed by atoms with Gasteiger partial charge in [0.1, 0.15) is 6.33 Å². The fourth-order valence-corrected chi connectivity index (χ4v) is 4.69. The molecule has 0 aliphatic carbocycles. The van der Waals surface area contributed by atoms with Gasteiger partial charge in [-0.25, -0.2) is 0 Å². The highest BCUT2D eigenvalue weighted by atomic mass is 32.2. The molecule has 0 saturated carbocycles. The zero-order chi connectivity index (χ0) is 20.1. The van der Waals surface area contributed by atoms with Gasteiger partial charge in [-0.1, -0.05) is 23.0 Å². The second kappa shape index (κ2) is 9.51. The number of aryl methyl sites for hydroxylation is 1. The number of likely N-dealkylation sites (tertiary alicyclic amines) is 1. The van der Waals surface area contributed by atoms with Gasteiger partial charge in [0.2, 0.25) is 17.6 Å². The summed E-state index contributed by atoms with van der Waals surface area (Å²) in [5, 5.41) is 17.8. The maximum Gasteiger partial charge on any atom is 0.241 e. The third-order valence-electron chi connectivity index (χ3n) is 4.75. The standard InChI is InChI=1S/C18H23N7O2S2/c1-24-12-20-22-18(24)29-9-6-19-17(26)13-4-2-7-25(10-13)11-15-21-16(23-27-15)14-5-3-8-28-14/h3,5,8,12-13H,2,4,6-7,9-11H2,1H3,(H,19,26)/t13-/m0/s1. The lowest BCUT2D eigenvalue weighted by Crippen LogP contribution is -2.43. The van der Waals surface area contributed by atoms with Crippen LogP contribution in [0.1, 0.15) is 18.7 Å². The summed E-state index contributed by atoms with van der Waals surface area (Å²) in [7, 11) is 1.91. The predicted molar refractivity (Wildman–Crippen MR) is 110 cm³/mol. The molecular formula is C18H23N7O2S2. The molecule has 1 saturated heterocycles. The van der Waals surface area contributed by atoms with E-state index in [0.717, 1.165) is 35.2 Å². The number of thiophene rings is 1. The van der Waals surface area contributed by atoms with Crippen LogP contribution >= 0.6 is 23.1 Å². The third kappa shape index (κ3) is 5.22. The SMILES string of the molecule is Cn1cnnc1SCCNC(=O)[C@H]1CCCN(Cc2nc(-c3cccs3)no2)C1. The van der Waals surface area contributed by atoms with Crippen LogP contribution in [0.4, 0.5) is 0 Å². The van der Waals surface area contributed by atoms with Crippen LogP contribution in [-0.4, -0.2) is 61.1 Å². The number of thioether (sulfide) groups is 1. The fraction of sp³-hybridized carbons (Fsp3) is 0.500. The van der Waals surface area contributed by atoms with Crippen molar-refractivity contribution in [2.75, 3.05) is 25.4 Å². The number of rotatable bonds is 8. The molecule has 3 aromatic heterocycles. The van der Waals surface area contributed by atoms with Crippen LogP contribution in [-0.2, 0) is 18.4 Å². The number of nitrogens with one attached hydrogen (secondary N) is 1. The van der Waals surface area contributed by atoms with Gasteiger partial charge < -0.3 is 14.4 Å². The van der Waals surface area contributed by atoms with Gasteiger partial charge in [-0.2, -0.15) is 4.98 Å². The van der Waals surface area contributed by atoms with E-state index in [9.17, 15) is 4.79 Å². The van der Waals surface area contributed by atoms with Crippen molar-refractivity contribution in [3.63, 3.8) is 0 Å². The summed E-state index contributed by atoms with van der Waals surface area (Å²) >= 11 is 3.17. The number of amides is 1. The molecule has 0 radical (unpaired) electrons. The molecule has 4 heterocycles. The lowest BCUT2D eigenvalue weighted by Gasteiger charge is -2.30. The summed E-state index contributed by atoms with van der Waals surface area (Å²) in [4.78, 5) is 20.2. The maximum absolute atomic E-state index is 12.6. The van der Waals surface area contributed by atoms with Gasteiger partial charge in [0.15, 0.2) is 5.16 Å². The van der Waals surface area contributed by atoms with Crippen molar-refractivity contribution >= 4 is 29.0 Å². The number of hydrogen-bond acceptors (Lipinski definition) is 9. The van der Waals surface area contributed by atoms with Crippen LogP contribution in [0.15, 0.2) is 33.5 Å². The third-order valence-corrected chi connectivity index (χ3v) is 6.65. The van der Waals surface area contributed by atoms with E-state index in [4.69, 9.17) is 4.52 Å². The molecule has 3 aromatic rings. The molecule has 1 amide bonds. The minimum absolute atomic E-state index is 0.0109. The van der Waals surface area contributed by atoms with Crippen molar-refractivity contribution in [3.8, 4) is 10.7 Å².